The Kier molecular flexibility index (Phi) is 4.57. The maximum Gasteiger partial charge on any atom is 0.184 e. The molecule has 1 aliphatic carbocycles. The molecule has 0 aliphatic heterocycles. The van der Waals surface area contributed by atoms with Crippen molar-refractivity contribution in [2.75, 3.05) is 0 Å². The Morgan fingerprint density at radius 2 is 2.04 bits per heavy atom. The number of allylic oxidation sites excluding steroid dienone is 3. The molecule has 0 amide bonds. The van der Waals surface area contributed by atoms with Crippen LogP contribution in [-0.2, 0) is 6.42 Å². The number of nitrogens with one attached hydrogen (secondary N) is 1. The third-order valence-electron chi connectivity index (χ3n) is 4.80. The molecule has 0 unspecified atom stereocenters. The number of aromatic nitrogens is 3. The smallest absolute Gasteiger partial charge is 0.184 e. The second-order valence-corrected chi connectivity index (χ2v) is 6.60. The Morgan fingerprint density at radius 1 is 1.23 bits per heavy atom. The first kappa shape index (κ1) is 16.6. The fraction of sp³-hybridized carbons (Fsp3) is 0.273. The quantitative estimate of drug-likeness (QED) is 0.548. The minimum Gasteiger partial charge on any atom is -0.456 e. The highest BCUT2D eigenvalue weighted by Gasteiger charge is 2.18. The molecule has 2 heterocycles. The summed E-state index contributed by atoms with van der Waals surface area (Å²) >= 11 is 0. The van der Waals surface area contributed by atoms with Gasteiger partial charge in [0.15, 0.2) is 5.65 Å². The van der Waals surface area contributed by atoms with E-state index in [1.54, 1.807) is 11.8 Å². The molecule has 132 valence electrons. The number of aromatic amines is 1. The van der Waals surface area contributed by atoms with Crippen LogP contribution in [0.2, 0.25) is 0 Å². The molecule has 0 atom stereocenters. The number of nitrogens with zero attached hydrogens (tertiary/aromatic N) is 2. The molecular weight excluding hydrogens is 322 g/mol. The van der Waals surface area contributed by atoms with E-state index in [4.69, 9.17) is 4.74 Å². The third-order valence-corrected chi connectivity index (χ3v) is 4.80. The van der Waals surface area contributed by atoms with Crippen molar-refractivity contribution in [2.45, 2.75) is 39.0 Å². The maximum atomic E-state index is 6.15. The molecule has 1 saturated carbocycles. The lowest BCUT2D eigenvalue weighted by atomic mass is 10.00. The molecule has 1 aromatic carbocycles. The molecule has 4 rings (SSSR count). The summed E-state index contributed by atoms with van der Waals surface area (Å²) in [6.07, 6.45) is 9.14. The average molecular weight is 345 g/mol. The van der Waals surface area contributed by atoms with E-state index in [0.29, 0.717) is 5.65 Å². The number of pyridine rings is 1. The second kappa shape index (κ2) is 7.16. The van der Waals surface area contributed by atoms with Gasteiger partial charge in [0.2, 0.25) is 0 Å². The summed E-state index contributed by atoms with van der Waals surface area (Å²) < 4.78 is 6.15. The number of H-pyrrole nitrogens is 1. The molecule has 0 spiro atoms. The Labute approximate surface area is 153 Å². The van der Waals surface area contributed by atoms with Crippen LogP contribution in [0, 0.1) is 0 Å². The van der Waals surface area contributed by atoms with Crippen LogP contribution in [-0.4, -0.2) is 15.2 Å². The average Bonchev–Trinajstić information content (AvgIpc) is 3.42. The van der Waals surface area contributed by atoms with Gasteiger partial charge in [0.05, 0.1) is 5.39 Å². The molecule has 1 aliphatic rings. The summed E-state index contributed by atoms with van der Waals surface area (Å²) in [5.74, 6) is 1.62. The second-order valence-electron chi connectivity index (χ2n) is 6.60. The molecule has 0 radical (unpaired) electrons. The monoisotopic (exact) mass is 345 g/mol. The highest BCUT2D eigenvalue weighted by molar-refractivity contribution is 5.84. The van der Waals surface area contributed by atoms with Gasteiger partial charge in [0, 0.05) is 11.9 Å². The maximum absolute atomic E-state index is 6.15. The van der Waals surface area contributed by atoms with Crippen LogP contribution in [0.1, 0.15) is 43.9 Å². The van der Waals surface area contributed by atoms with Gasteiger partial charge >= 0.3 is 0 Å². The molecule has 26 heavy (non-hydrogen) atoms. The Balaban J connectivity index is 1.60. The summed E-state index contributed by atoms with van der Waals surface area (Å²) in [6.45, 7) is 5.94. The largest absolute Gasteiger partial charge is 0.456 e. The molecule has 2 aromatic heterocycles. The zero-order valence-corrected chi connectivity index (χ0v) is 15.1. The van der Waals surface area contributed by atoms with Gasteiger partial charge in [-0.05, 0) is 61.4 Å². The molecule has 1 fully saturated rings. The van der Waals surface area contributed by atoms with Crippen molar-refractivity contribution >= 4 is 16.6 Å². The first-order valence-corrected chi connectivity index (χ1v) is 9.22. The first-order valence-electron chi connectivity index (χ1n) is 9.22. The van der Waals surface area contributed by atoms with Gasteiger partial charge < -0.3 is 4.74 Å². The lowest BCUT2D eigenvalue weighted by Crippen LogP contribution is -1.90. The van der Waals surface area contributed by atoms with E-state index < -0.39 is 0 Å². The molecule has 3 aromatic rings. The van der Waals surface area contributed by atoms with E-state index in [0.717, 1.165) is 41.8 Å². The Hall–Kier alpha value is -2.88. The zero-order chi connectivity index (χ0) is 17.9. The normalized spacial score (nSPS) is 13.0. The fourth-order valence-corrected chi connectivity index (χ4v) is 3.31. The van der Waals surface area contributed by atoms with Crippen molar-refractivity contribution in [3.63, 3.8) is 0 Å². The van der Waals surface area contributed by atoms with Gasteiger partial charge in [-0.2, -0.15) is 5.10 Å². The van der Waals surface area contributed by atoms with E-state index in [1.165, 1.54) is 24.0 Å². The van der Waals surface area contributed by atoms with Crippen molar-refractivity contribution in [2.24, 2.45) is 0 Å². The number of benzene rings is 1. The van der Waals surface area contributed by atoms with Crippen molar-refractivity contribution in [3.05, 3.63) is 66.0 Å². The summed E-state index contributed by atoms with van der Waals surface area (Å²) in [4.78, 5) is 4.31. The first-order chi connectivity index (χ1) is 12.8. The predicted octanol–water partition coefficient (Wildman–Crippen LogP) is 5.83. The number of ether oxygens (including phenoxy) is 1. The van der Waals surface area contributed by atoms with Gasteiger partial charge in [0.25, 0.3) is 0 Å². The predicted molar refractivity (Wildman–Crippen MR) is 105 cm³/mol. The van der Waals surface area contributed by atoms with Gasteiger partial charge in [-0.1, -0.05) is 30.7 Å². The SMILES string of the molecule is C=CCCC(=C1CC1)c1ccc(Oc2ccnc3n[nH]c(CC)c23)cc1. The van der Waals surface area contributed by atoms with E-state index in [-0.39, 0.29) is 0 Å². The number of aryl methyl sites for hydroxylation is 1. The van der Waals surface area contributed by atoms with Gasteiger partial charge in [-0.3, -0.25) is 5.10 Å². The molecule has 4 nitrogen and oxygen atoms in total. The zero-order valence-electron chi connectivity index (χ0n) is 15.1. The minimum atomic E-state index is 0.696. The molecule has 1 N–H and O–H groups in total. The summed E-state index contributed by atoms with van der Waals surface area (Å²) in [6, 6.07) is 10.3. The van der Waals surface area contributed by atoms with Crippen LogP contribution < -0.4 is 4.74 Å². The summed E-state index contributed by atoms with van der Waals surface area (Å²) in [7, 11) is 0. The van der Waals surface area contributed by atoms with Crippen molar-refractivity contribution in [1.29, 1.82) is 0 Å². The Bertz CT molecular complexity index is 961. The van der Waals surface area contributed by atoms with Crippen molar-refractivity contribution in [3.8, 4) is 11.5 Å². The molecule has 0 saturated heterocycles. The van der Waals surface area contributed by atoms with Crippen LogP contribution in [0.5, 0.6) is 11.5 Å². The fourth-order valence-electron chi connectivity index (χ4n) is 3.31. The number of rotatable bonds is 7. The molecule has 0 bridgehead atoms. The van der Waals surface area contributed by atoms with E-state index in [1.807, 2.05) is 24.3 Å². The number of fused-ring (bicyclic) bond motifs is 1. The third kappa shape index (κ3) is 3.27. The van der Waals surface area contributed by atoms with Crippen LogP contribution in [0.15, 0.2) is 54.8 Å². The highest BCUT2D eigenvalue weighted by Crippen LogP contribution is 2.39. The number of hydrogen-bond donors (Lipinski definition) is 1. The van der Waals surface area contributed by atoms with E-state index >= 15 is 0 Å². The van der Waals surface area contributed by atoms with Crippen LogP contribution in [0.25, 0.3) is 16.6 Å². The van der Waals surface area contributed by atoms with Crippen molar-refractivity contribution < 1.29 is 4.74 Å². The lowest BCUT2D eigenvalue weighted by molar-refractivity contribution is 0.487. The topological polar surface area (TPSA) is 50.8 Å². The van der Waals surface area contributed by atoms with Crippen LogP contribution in [0.4, 0.5) is 0 Å². The summed E-state index contributed by atoms with van der Waals surface area (Å²) in [5.41, 5.74) is 6.10. The van der Waals surface area contributed by atoms with Gasteiger partial charge in [-0.15, -0.1) is 6.58 Å². The Morgan fingerprint density at radius 3 is 2.73 bits per heavy atom. The van der Waals surface area contributed by atoms with E-state index in [9.17, 15) is 0 Å². The van der Waals surface area contributed by atoms with Crippen LogP contribution in [0.3, 0.4) is 0 Å². The minimum absolute atomic E-state index is 0.696. The van der Waals surface area contributed by atoms with Gasteiger partial charge in [0.1, 0.15) is 11.5 Å². The number of hydrogen-bond acceptors (Lipinski definition) is 3. The standard InChI is InChI=1S/C22H23N3O/c1-3-5-6-18(15-7-8-15)16-9-11-17(12-10-16)26-20-13-14-23-22-21(20)19(4-2)24-25-22/h3,9-14H,1,4-8H2,2H3,(H,23,24,25). The molecule has 4 heteroatoms. The summed E-state index contributed by atoms with van der Waals surface area (Å²) in [5, 5.41) is 8.26. The molecular formula is C22H23N3O. The lowest BCUT2D eigenvalue weighted by Gasteiger charge is -2.10. The van der Waals surface area contributed by atoms with Crippen molar-refractivity contribution in [1.82, 2.24) is 15.2 Å². The van der Waals surface area contributed by atoms with E-state index in [2.05, 4.69) is 40.8 Å². The highest BCUT2D eigenvalue weighted by atomic mass is 16.5. The van der Waals surface area contributed by atoms with Crippen LogP contribution >= 0.6 is 0 Å². The van der Waals surface area contributed by atoms with Gasteiger partial charge in [-0.25, -0.2) is 4.98 Å².